The zero-order valence-electron chi connectivity index (χ0n) is 10.3. The van der Waals surface area contributed by atoms with E-state index in [1.54, 1.807) is 4.68 Å². The minimum Gasteiger partial charge on any atom is -0.375 e. The molecule has 0 amide bonds. The Hall–Kier alpha value is -1.92. The van der Waals surface area contributed by atoms with Crippen LogP contribution in [0, 0.1) is 0 Å². The fourth-order valence-electron chi connectivity index (χ4n) is 1.78. The number of aromatic nitrogens is 4. The summed E-state index contributed by atoms with van der Waals surface area (Å²) >= 11 is 0. The molecular formula is C11H15F2N5. The number of aryl methyl sites for hydroxylation is 2. The van der Waals surface area contributed by atoms with Crippen molar-refractivity contribution in [2.75, 3.05) is 5.32 Å². The topological polar surface area (TPSA) is 47.7 Å². The van der Waals surface area contributed by atoms with Crippen molar-refractivity contribution < 1.29 is 8.78 Å². The molecule has 2 heterocycles. The van der Waals surface area contributed by atoms with E-state index in [2.05, 4.69) is 15.4 Å². The number of anilines is 1. The zero-order chi connectivity index (χ0) is 13.1. The van der Waals surface area contributed by atoms with Crippen molar-refractivity contribution in [2.45, 2.75) is 26.4 Å². The van der Waals surface area contributed by atoms with Gasteiger partial charge in [-0.2, -0.15) is 13.9 Å². The molecule has 18 heavy (non-hydrogen) atoms. The van der Waals surface area contributed by atoms with Crippen LogP contribution in [0.25, 0.3) is 0 Å². The van der Waals surface area contributed by atoms with E-state index in [0.29, 0.717) is 5.82 Å². The quantitative estimate of drug-likeness (QED) is 0.890. The molecule has 2 aromatic heterocycles. The second-order valence-electron chi connectivity index (χ2n) is 3.90. The van der Waals surface area contributed by atoms with Gasteiger partial charge in [0.2, 0.25) is 0 Å². The lowest BCUT2D eigenvalue weighted by Crippen LogP contribution is -2.09. The van der Waals surface area contributed by atoms with Crippen LogP contribution in [0.2, 0.25) is 0 Å². The number of nitrogens with one attached hydrogen (secondary N) is 1. The summed E-state index contributed by atoms with van der Waals surface area (Å²) in [7, 11) is 1.82. The first kappa shape index (κ1) is 12.5. The predicted molar refractivity (Wildman–Crippen MR) is 63.4 cm³/mol. The van der Waals surface area contributed by atoms with Crippen molar-refractivity contribution in [1.82, 2.24) is 19.3 Å². The molecule has 0 aliphatic rings. The maximum Gasteiger partial charge on any atom is 0.319 e. The molecule has 0 aliphatic carbocycles. The Morgan fingerprint density at radius 2 is 2.22 bits per heavy atom. The molecule has 0 fully saturated rings. The third kappa shape index (κ3) is 2.49. The second-order valence-corrected chi connectivity index (χ2v) is 3.90. The van der Waals surface area contributed by atoms with Gasteiger partial charge in [-0.1, -0.05) is 6.92 Å². The number of alkyl halides is 2. The highest BCUT2D eigenvalue weighted by Crippen LogP contribution is 2.17. The van der Waals surface area contributed by atoms with Crippen LogP contribution in [0.1, 0.15) is 25.0 Å². The number of imidazole rings is 1. The lowest BCUT2D eigenvalue weighted by atomic mass is 10.3. The molecule has 0 radical (unpaired) electrons. The molecule has 98 valence electrons. The molecule has 0 aromatic carbocycles. The molecule has 0 bridgehead atoms. The second kappa shape index (κ2) is 5.16. The molecule has 2 rings (SSSR count). The van der Waals surface area contributed by atoms with Gasteiger partial charge in [0.25, 0.3) is 0 Å². The summed E-state index contributed by atoms with van der Waals surface area (Å²) in [6.45, 7) is -0.326. The fourth-order valence-corrected chi connectivity index (χ4v) is 1.78. The van der Waals surface area contributed by atoms with Gasteiger partial charge in [-0.3, -0.25) is 9.25 Å². The van der Waals surface area contributed by atoms with E-state index >= 15 is 0 Å². The molecule has 0 unspecified atom stereocenters. The van der Waals surface area contributed by atoms with Crippen LogP contribution in [0.15, 0.2) is 18.6 Å². The lowest BCUT2D eigenvalue weighted by molar-refractivity contribution is 0.0673. The van der Waals surface area contributed by atoms with Gasteiger partial charge in [-0.05, 0) is 6.42 Å². The highest BCUT2D eigenvalue weighted by molar-refractivity contribution is 5.46. The highest BCUT2D eigenvalue weighted by Gasteiger charge is 2.12. The normalized spacial score (nSPS) is 11.2. The van der Waals surface area contributed by atoms with Gasteiger partial charge in [-0.25, -0.2) is 4.98 Å². The van der Waals surface area contributed by atoms with Gasteiger partial charge < -0.3 is 5.32 Å². The summed E-state index contributed by atoms with van der Waals surface area (Å²) in [6, 6.07) is 0. The van der Waals surface area contributed by atoms with Crippen LogP contribution < -0.4 is 5.32 Å². The summed E-state index contributed by atoms with van der Waals surface area (Å²) < 4.78 is 27.8. The van der Waals surface area contributed by atoms with E-state index in [9.17, 15) is 8.78 Å². The number of halogens is 2. The lowest BCUT2D eigenvalue weighted by Gasteiger charge is -2.08. The van der Waals surface area contributed by atoms with Gasteiger partial charge in [0, 0.05) is 25.6 Å². The van der Waals surface area contributed by atoms with Gasteiger partial charge in [0.05, 0.1) is 17.9 Å². The Morgan fingerprint density at radius 3 is 2.89 bits per heavy atom. The van der Waals surface area contributed by atoms with Crippen LogP contribution in [0.4, 0.5) is 14.5 Å². The zero-order valence-corrected chi connectivity index (χ0v) is 10.3. The first-order valence-corrected chi connectivity index (χ1v) is 5.68. The van der Waals surface area contributed by atoms with Gasteiger partial charge in [-0.15, -0.1) is 0 Å². The van der Waals surface area contributed by atoms with Crippen molar-refractivity contribution in [3.63, 3.8) is 0 Å². The van der Waals surface area contributed by atoms with Crippen LogP contribution in [0.5, 0.6) is 0 Å². The van der Waals surface area contributed by atoms with Crippen molar-refractivity contribution >= 4 is 5.69 Å². The number of nitrogens with zero attached hydrogens (tertiary/aromatic N) is 4. The van der Waals surface area contributed by atoms with E-state index in [-0.39, 0.29) is 6.54 Å². The van der Waals surface area contributed by atoms with E-state index in [4.69, 9.17) is 0 Å². The first-order chi connectivity index (χ1) is 8.61. The Labute approximate surface area is 103 Å². The third-order valence-corrected chi connectivity index (χ3v) is 2.64. The molecule has 0 spiro atoms. The first-order valence-electron chi connectivity index (χ1n) is 5.68. The molecule has 0 atom stereocenters. The van der Waals surface area contributed by atoms with Crippen LogP contribution in [-0.4, -0.2) is 19.3 Å². The van der Waals surface area contributed by atoms with E-state index in [0.717, 1.165) is 22.4 Å². The standard InChI is InChI=1S/C11H15F2N5/c1-3-8-9(7-17(2)16-8)15-6-10-14-4-5-18(10)11(12)13/h4-5,7,11,15H,3,6H2,1-2H3. The maximum absolute atomic E-state index is 12.6. The summed E-state index contributed by atoms with van der Waals surface area (Å²) in [5.41, 5.74) is 1.76. The number of hydrogen-bond donors (Lipinski definition) is 1. The molecule has 7 heteroatoms. The van der Waals surface area contributed by atoms with Crippen LogP contribution >= 0.6 is 0 Å². The Balaban J connectivity index is 2.09. The molecule has 1 N–H and O–H groups in total. The molecular weight excluding hydrogens is 240 g/mol. The van der Waals surface area contributed by atoms with Crippen molar-refractivity contribution in [3.8, 4) is 0 Å². The summed E-state index contributed by atoms with van der Waals surface area (Å²) in [6.07, 6.45) is 5.25. The number of rotatable bonds is 5. The average molecular weight is 255 g/mol. The highest BCUT2D eigenvalue weighted by atomic mass is 19.3. The monoisotopic (exact) mass is 255 g/mol. The van der Waals surface area contributed by atoms with E-state index in [1.807, 2.05) is 20.2 Å². The maximum atomic E-state index is 12.6. The Bertz CT molecular complexity index is 517. The van der Waals surface area contributed by atoms with Crippen molar-refractivity contribution in [3.05, 3.63) is 30.1 Å². The van der Waals surface area contributed by atoms with Crippen molar-refractivity contribution in [2.24, 2.45) is 7.05 Å². The molecule has 0 saturated carbocycles. The van der Waals surface area contributed by atoms with Gasteiger partial charge in [0.1, 0.15) is 5.82 Å². The Kier molecular flexibility index (Phi) is 3.59. The van der Waals surface area contributed by atoms with E-state index < -0.39 is 6.55 Å². The van der Waals surface area contributed by atoms with Gasteiger partial charge in [0.15, 0.2) is 0 Å². The SMILES string of the molecule is CCc1nn(C)cc1NCc1nccn1C(F)F. The molecule has 2 aromatic rings. The average Bonchev–Trinajstić information content (AvgIpc) is 2.92. The minimum absolute atomic E-state index is 0.246. The van der Waals surface area contributed by atoms with Crippen LogP contribution in [-0.2, 0) is 20.0 Å². The minimum atomic E-state index is -2.57. The summed E-state index contributed by atoms with van der Waals surface area (Å²) in [5, 5.41) is 7.35. The van der Waals surface area contributed by atoms with E-state index in [1.165, 1.54) is 12.4 Å². The predicted octanol–water partition coefficient (Wildman–Crippen LogP) is 2.19. The Morgan fingerprint density at radius 1 is 1.44 bits per heavy atom. The van der Waals surface area contributed by atoms with Crippen LogP contribution in [0.3, 0.4) is 0 Å². The molecule has 5 nitrogen and oxygen atoms in total. The fraction of sp³-hybridized carbons (Fsp3) is 0.455. The molecule has 0 saturated heterocycles. The van der Waals surface area contributed by atoms with Gasteiger partial charge >= 0.3 is 6.55 Å². The largest absolute Gasteiger partial charge is 0.375 e. The summed E-state index contributed by atoms with van der Waals surface area (Å²) in [4.78, 5) is 3.91. The molecule has 0 aliphatic heterocycles. The third-order valence-electron chi connectivity index (χ3n) is 2.64. The summed E-state index contributed by atoms with van der Waals surface area (Å²) in [5.74, 6) is 0.302. The smallest absolute Gasteiger partial charge is 0.319 e. The number of hydrogen-bond acceptors (Lipinski definition) is 3. The van der Waals surface area contributed by atoms with Crippen molar-refractivity contribution in [1.29, 1.82) is 0 Å².